The smallest absolute Gasteiger partial charge is 0.298 e. The molecule has 4 nitrogen and oxygen atoms in total. The Morgan fingerprint density at radius 3 is 2.52 bits per heavy atom. The molecule has 0 bridgehead atoms. The van der Waals surface area contributed by atoms with Crippen molar-refractivity contribution in [3.63, 3.8) is 0 Å². The normalized spacial score (nSPS) is 20.1. The van der Waals surface area contributed by atoms with Gasteiger partial charge in [0.05, 0.1) is 0 Å². The molecule has 31 heavy (non-hydrogen) atoms. The molecule has 2 fully saturated rings. The Kier molecular flexibility index (Phi) is 7.29. The van der Waals surface area contributed by atoms with Crippen LogP contribution in [0.1, 0.15) is 56.9 Å². The van der Waals surface area contributed by atoms with Crippen molar-refractivity contribution in [1.82, 2.24) is 15.1 Å². The third-order valence-corrected chi connectivity index (χ3v) is 7.43. The van der Waals surface area contributed by atoms with Crippen LogP contribution < -0.4 is 5.32 Å². The van der Waals surface area contributed by atoms with Crippen LogP contribution in [0.2, 0.25) is 0 Å². The molecule has 1 spiro atoms. The van der Waals surface area contributed by atoms with Crippen LogP contribution in [-0.2, 0) is 4.79 Å². The molecule has 164 valence electrons. The topological polar surface area (TPSA) is 35.6 Å². The van der Waals surface area contributed by atoms with E-state index in [0.717, 1.165) is 69.1 Å². The maximum atomic E-state index is 12.5. The summed E-state index contributed by atoms with van der Waals surface area (Å²) in [7, 11) is 0. The SMILES string of the molecule is O=C(C#Cc1ccccc1)N1CCC2(CC1)CCN(C(=S)NCCC1=CCCCC1)C2. The molecule has 4 rings (SSSR count). The number of likely N-dealkylation sites (tertiary alicyclic amines) is 2. The molecule has 3 aliphatic rings. The summed E-state index contributed by atoms with van der Waals surface area (Å²) < 4.78 is 0. The zero-order valence-electron chi connectivity index (χ0n) is 18.4. The molecule has 1 amide bonds. The highest BCUT2D eigenvalue weighted by molar-refractivity contribution is 7.80. The van der Waals surface area contributed by atoms with E-state index in [0.29, 0.717) is 5.41 Å². The van der Waals surface area contributed by atoms with Gasteiger partial charge >= 0.3 is 0 Å². The Bertz CT molecular complexity index is 875. The van der Waals surface area contributed by atoms with Crippen molar-refractivity contribution in [1.29, 1.82) is 0 Å². The molecule has 0 aromatic heterocycles. The molecule has 5 heteroatoms. The van der Waals surface area contributed by atoms with Gasteiger partial charge in [-0.2, -0.15) is 0 Å². The van der Waals surface area contributed by atoms with Crippen LogP contribution in [0.25, 0.3) is 0 Å². The highest BCUT2D eigenvalue weighted by Crippen LogP contribution is 2.40. The van der Waals surface area contributed by atoms with Crippen molar-refractivity contribution in [2.24, 2.45) is 5.41 Å². The minimum atomic E-state index is -0.0530. The molecule has 2 saturated heterocycles. The zero-order valence-corrected chi connectivity index (χ0v) is 19.2. The maximum absolute atomic E-state index is 12.5. The summed E-state index contributed by atoms with van der Waals surface area (Å²) in [4.78, 5) is 16.8. The Hall–Kier alpha value is -2.32. The van der Waals surface area contributed by atoms with E-state index in [1.54, 1.807) is 5.57 Å². The number of carbonyl (C=O) groups excluding carboxylic acids is 1. The van der Waals surface area contributed by atoms with E-state index in [2.05, 4.69) is 28.1 Å². The fraction of sp³-hybridized carbons (Fsp3) is 0.538. The number of rotatable bonds is 3. The number of benzene rings is 1. The molecule has 2 heterocycles. The predicted octanol–water partition coefficient (Wildman–Crippen LogP) is 4.12. The molecule has 0 saturated carbocycles. The Balaban J connectivity index is 1.21. The summed E-state index contributed by atoms with van der Waals surface area (Å²) in [6, 6.07) is 9.70. The second kappa shape index (κ2) is 10.3. The molecule has 0 atom stereocenters. The lowest BCUT2D eigenvalue weighted by molar-refractivity contribution is -0.127. The monoisotopic (exact) mass is 435 g/mol. The van der Waals surface area contributed by atoms with Crippen LogP contribution >= 0.6 is 12.2 Å². The number of piperidine rings is 1. The molecule has 0 unspecified atom stereocenters. The van der Waals surface area contributed by atoms with E-state index in [9.17, 15) is 4.79 Å². The quantitative estimate of drug-likeness (QED) is 0.440. The Morgan fingerprint density at radius 2 is 1.81 bits per heavy atom. The second-order valence-electron chi connectivity index (χ2n) is 9.17. The van der Waals surface area contributed by atoms with E-state index < -0.39 is 0 Å². The minimum Gasteiger partial charge on any atom is -0.362 e. The Labute approximate surface area is 192 Å². The molecule has 1 N–H and O–H groups in total. The van der Waals surface area contributed by atoms with Crippen molar-refractivity contribution in [3.05, 3.63) is 47.5 Å². The largest absolute Gasteiger partial charge is 0.362 e. The highest BCUT2D eigenvalue weighted by atomic mass is 32.1. The van der Waals surface area contributed by atoms with Gasteiger partial charge in [0.15, 0.2) is 5.11 Å². The lowest BCUT2D eigenvalue weighted by Crippen LogP contribution is -2.45. The van der Waals surface area contributed by atoms with Crippen LogP contribution in [0, 0.1) is 17.3 Å². The molecular formula is C26H33N3OS. The van der Waals surface area contributed by atoms with Crippen molar-refractivity contribution < 1.29 is 4.79 Å². The predicted molar refractivity (Wildman–Crippen MR) is 130 cm³/mol. The first-order chi connectivity index (χ1) is 15.1. The fourth-order valence-electron chi connectivity index (χ4n) is 5.00. The van der Waals surface area contributed by atoms with Crippen LogP contribution in [0.3, 0.4) is 0 Å². The molecule has 1 aliphatic carbocycles. The van der Waals surface area contributed by atoms with Gasteiger partial charge in [0.2, 0.25) is 0 Å². The second-order valence-corrected chi connectivity index (χ2v) is 9.56. The number of hydrogen-bond acceptors (Lipinski definition) is 2. The van der Waals surface area contributed by atoms with Crippen LogP contribution in [0.4, 0.5) is 0 Å². The third-order valence-electron chi connectivity index (χ3n) is 7.03. The fourth-order valence-corrected chi connectivity index (χ4v) is 5.26. The number of amides is 1. The summed E-state index contributed by atoms with van der Waals surface area (Å²) >= 11 is 5.69. The average Bonchev–Trinajstić information content (AvgIpc) is 3.23. The first-order valence-electron chi connectivity index (χ1n) is 11.7. The first-order valence-corrected chi connectivity index (χ1v) is 12.1. The summed E-state index contributed by atoms with van der Waals surface area (Å²) in [6.07, 6.45) is 11.9. The number of nitrogens with one attached hydrogen (secondary N) is 1. The maximum Gasteiger partial charge on any atom is 0.298 e. The Morgan fingerprint density at radius 1 is 1.06 bits per heavy atom. The highest BCUT2D eigenvalue weighted by Gasteiger charge is 2.41. The number of carbonyl (C=O) groups is 1. The van der Waals surface area contributed by atoms with Gasteiger partial charge in [-0.05, 0) is 81.1 Å². The lowest BCUT2D eigenvalue weighted by atomic mass is 9.78. The van der Waals surface area contributed by atoms with Crippen molar-refractivity contribution in [3.8, 4) is 11.8 Å². The van der Waals surface area contributed by atoms with Gasteiger partial charge in [0.25, 0.3) is 5.91 Å². The van der Waals surface area contributed by atoms with Gasteiger partial charge in [-0.25, -0.2) is 0 Å². The number of thiocarbonyl (C=S) groups is 1. The minimum absolute atomic E-state index is 0.0530. The zero-order chi connectivity index (χ0) is 21.5. The van der Waals surface area contributed by atoms with Gasteiger partial charge in [0.1, 0.15) is 0 Å². The van der Waals surface area contributed by atoms with Gasteiger partial charge in [0, 0.05) is 44.2 Å². The van der Waals surface area contributed by atoms with Crippen molar-refractivity contribution >= 4 is 23.2 Å². The third kappa shape index (κ3) is 5.89. The summed E-state index contributed by atoms with van der Waals surface area (Å²) in [5, 5.41) is 4.39. The van der Waals surface area contributed by atoms with E-state index in [4.69, 9.17) is 12.2 Å². The van der Waals surface area contributed by atoms with Gasteiger partial charge in [-0.15, -0.1) is 0 Å². The van der Waals surface area contributed by atoms with Crippen LogP contribution in [0.5, 0.6) is 0 Å². The number of hydrogen-bond donors (Lipinski definition) is 1. The van der Waals surface area contributed by atoms with Crippen LogP contribution in [0.15, 0.2) is 42.0 Å². The lowest BCUT2D eigenvalue weighted by Gasteiger charge is -2.38. The average molecular weight is 436 g/mol. The molecular weight excluding hydrogens is 402 g/mol. The summed E-state index contributed by atoms with van der Waals surface area (Å²) in [5.74, 6) is 5.75. The molecule has 1 aromatic carbocycles. The van der Waals surface area contributed by atoms with Crippen molar-refractivity contribution in [2.45, 2.75) is 51.4 Å². The molecule has 2 aliphatic heterocycles. The molecule has 0 radical (unpaired) electrons. The number of allylic oxidation sites excluding steroid dienone is 1. The summed E-state index contributed by atoms with van der Waals surface area (Å²) in [6.45, 7) is 4.57. The van der Waals surface area contributed by atoms with E-state index >= 15 is 0 Å². The summed E-state index contributed by atoms with van der Waals surface area (Å²) in [5.41, 5.74) is 2.77. The van der Waals surface area contributed by atoms with E-state index in [-0.39, 0.29) is 5.91 Å². The van der Waals surface area contributed by atoms with Crippen LogP contribution in [-0.4, -0.2) is 53.5 Å². The molecule has 1 aromatic rings. The first kappa shape index (κ1) is 21.9. The standard InChI is InChI=1S/C26H33N3OS/c30-24(12-11-22-7-3-1-4-8-22)28-18-14-26(15-19-28)16-20-29(21-26)25(31)27-17-13-23-9-5-2-6-10-23/h1,3-4,7-9H,2,5-6,10,13-21H2,(H,27,31). The van der Waals surface area contributed by atoms with Crippen molar-refractivity contribution in [2.75, 3.05) is 32.7 Å². The van der Waals surface area contributed by atoms with E-state index in [1.165, 1.54) is 25.7 Å². The number of nitrogens with zero attached hydrogens (tertiary/aromatic N) is 2. The van der Waals surface area contributed by atoms with E-state index in [1.807, 2.05) is 35.2 Å². The van der Waals surface area contributed by atoms with Gasteiger partial charge < -0.3 is 15.1 Å². The van der Waals surface area contributed by atoms with Gasteiger partial charge in [-0.1, -0.05) is 35.8 Å². The van der Waals surface area contributed by atoms with Gasteiger partial charge in [-0.3, -0.25) is 4.79 Å².